The molecule has 0 aromatic heterocycles. The SMILES string of the molecule is COc1ccc(CC(=O)NC(c2ccccc2)C(C)C(=O)O)cc1F. The number of nitrogens with one attached hydrogen (secondary N) is 1. The number of carbonyl (C=O) groups excluding carboxylic acids is 1. The van der Waals surface area contributed by atoms with E-state index in [1.54, 1.807) is 30.3 Å². The highest BCUT2D eigenvalue weighted by Gasteiger charge is 2.26. The van der Waals surface area contributed by atoms with Crippen molar-refractivity contribution in [1.82, 2.24) is 5.32 Å². The molecule has 25 heavy (non-hydrogen) atoms. The highest BCUT2D eigenvalue weighted by atomic mass is 19.1. The summed E-state index contributed by atoms with van der Waals surface area (Å²) in [5.41, 5.74) is 1.18. The van der Waals surface area contributed by atoms with Gasteiger partial charge in [0, 0.05) is 0 Å². The lowest BCUT2D eigenvalue weighted by atomic mass is 9.94. The predicted molar refractivity (Wildman–Crippen MR) is 90.8 cm³/mol. The van der Waals surface area contributed by atoms with Gasteiger partial charge in [-0.05, 0) is 30.2 Å². The number of carbonyl (C=O) groups is 2. The number of halogens is 1. The van der Waals surface area contributed by atoms with Gasteiger partial charge in [0.2, 0.25) is 5.91 Å². The first kappa shape index (κ1) is 18.4. The van der Waals surface area contributed by atoms with Crippen molar-refractivity contribution in [2.24, 2.45) is 5.92 Å². The second-order valence-corrected chi connectivity index (χ2v) is 5.73. The molecule has 6 heteroatoms. The third-order valence-corrected chi connectivity index (χ3v) is 3.95. The van der Waals surface area contributed by atoms with Crippen LogP contribution in [0.1, 0.15) is 24.1 Å². The van der Waals surface area contributed by atoms with Gasteiger partial charge in [0.25, 0.3) is 0 Å². The van der Waals surface area contributed by atoms with E-state index in [0.29, 0.717) is 11.1 Å². The highest BCUT2D eigenvalue weighted by Crippen LogP contribution is 2.23. The second-order valence-electron chi connectivity index (χ2n) is 5.73. The summed E-state index contributed by atoms with van der Waals surface area (Å²) in [6.45, 7) is 1.54. The Bertz CT molecular complexity index is 748. The zero-order valence-corrected chi connectivity index (χ0v) is 14.0. The molecule has 0 fully saturated rings. The Morgan fingerprint density at radius 2 is 1.88 bits per heavy atom. The number of methoxy groups -OCH3 is 1. The molecule has 0 saturated heterocycles. The van der Waals surface area contributed by atoms with Crippen molar-refractivity contribution in [1.29, 1.82) is 0 Å². The molecule has 2 N–H and O–H groups in total. The van der Waals surface area contributed by atoms with Crippen molar-refractivity contribution >= 4 is 11.9 Å². The maximum atomic E-state index is 13.7. The summed E-state index contributed by atoms with van der Waals surface area (Å²) < 4.78 is 18.6. The minimum atomic E-state index is -1.01. The monoisotopic (exact) mass is 345 g/mol. The number of hydrogen-bond donors (Lipinski definition) is 2. The quantitative estimate of drug-likeness (QED) is 0.809. The van der Waals surface area contributed by atoms with Crippen LogP contribution in [0.3, 0.4) is 0 Å². The normalized spacial score (nSPS) is 12.9. The average Bonchev–Trinajstić information content (AvgIpc) is 2.60. The molecule has 0 radical (unpaired) electrons. The van der Waals surface area contributed by atoms with E-state index in [-0.39, 0.29) is 18.1 Å². The second kappa shape index (κ2) is 8.28. The summed E-state index contributed by atoms with van der Waals surface area (Å²) >= 11 is 0. The third-order valence-electron chi connectivity index (χ3n) is 3.95. The maximum absolute atomic E-state index is 13.7. The van der Waals surface area contributed by atoms with Crippen molar-refractivity contribution < 1.29 is 23.8 Å². The Morgan fingerprint density at radius 3 is 2.44 bits per heavy atom. The molecule has 0 aliphatic carbocycles. The summed E-state index contributed by atoms with van der Waals surface area (Å²) in [5.74, 6) is -2.65. The van der Waals surface area contributed by atoms with E-state index in [2.05, 4.69) is 5.32 Å². The molecule has 2 aromatic carbocycles. The van der Waals surface area contributed by atoms with E-state index in [4.69, 9.17) is 4.74 Å². The number of hydrogen-bond acceptors (Lipinski definition) is 3. The zero-order valence-electron chi connectivity index (χ0n) is 14.0. The van der Waals surface area contributed by atoms with Gasteiger partial charge in [-0.1, -0.05) is 36.4 Å². The number of rotatable bonds is 7. The predicted octanol–water partition coefficient (Wildman–Crippen LogP) is 2.96. The van der Waals surface area contributed by atoms with Crippen molar-refractivity contribution in [3.8, 4) is 5.75 Å². The Hall–Kier alpha value is -2.89. The largest absolute Gasteiger partial charge is 0.494 e. The Labute approximate surface area is 145 Å². The summed E-state index contributed by atoms with van der Waals surface area (Å²) in [7, 11) is 1.36. The number of ether oxygens (including phenoxy) is 1. The molecule has 2 unspecified atom stereocenters. The lowest BCUT2D eigenvalue weighted by molar-refractivity contribution is -0.142. The van der Waals surface area contributed by atoms with Gasteiger partial charge in [0.15, 0.2) is 11.6 Å². The van der Waals surface area contributed by atoms with Crippen LogP contribution >= 0.6 is 0 Å². The Kier molecular flexibility index (Phi) is 6.11. The fraction of sp³-hybridized carbons (Fsp3) is 0.263. The van der Waals surface area contributed by atoms with Crippen LogP contribution in [0.15, 0.2) is 48.5 Å². The molecule has 1 amide bonds. The maximum Gasteiger partial charge on any atom is 0.308 e. The molecule has 2 rings (SSSR count). The van der Waals surface area contributed by atoms with Crippen LogP contribution in [-0.2, 0) is 16.0 Å². The third kappa shape index (κ3) is 4.79. The molecule has 0 bridgehead atoms. The van der Waals surface area contributed by atoms with Crippen molar-refractivity contribution in [3.05, 3.63) is 65.5 Å². The van der Waals surface area contributed by atoms with Gasteiger partial charge < -0.3 is 15.2 Å². The minimum absolute atomic E-state index is 0.0589. The van der Waals surface area contributed by atoms with Crippen molar-refractivity contribution in [2.45, 2.75) is 19.4 Å². The fourth-order valence-electron chi connectivity index (χ4n) is 2.53. The average molecular weight is 345 g/mol. The minimum Gasteiger partial charge on any atom is -0.494 e. The van der Waals surface area contributed by atoms with Crippen LogP contribution in [0.5, 0.6) is 5.75 Å². The van der Waals surface area contributed by atoms with E-state index >= 15 is 0 Å². The van der Waals surface area contributed by atoms with E-state index in [0.717, 1.165) is 0 Å². The fourth-order valence-corrected chi connectivity index (χ4v) is 2.53. The summed E-state index contributed by atoms with van der Waals surface area (Å²) in [5, 5.41) is 12.0. The van der Waals surface area contributed by atoms with Crippen molar-refractivity contribution in [3.63, 3.8) is 0 Å². The molecule has 0 aliphatic rings. The summed E-state index contributed by atoms with van der Waals surface area (Å²) in [4.78, 5) is 23.7. The lowest BCUT2D eigenvalue weighted by Gasteiger charge is -2.23. The van der Waals surface area contributed by atoms with Gasteiger partial charge in [-0.15, -0.1) is 0 Å². The molecule has 132 valence electrons. The van der Waals surface area contributed by atoms with Crippen LogP contribution in [0.4, 0.5) is 4.39 Å². The van der Waals surface area contributed by atoms with Gasteiger partial charge in [-0.2, -0.15) is 0 Å². The first-order valence-electron chi connectivity index (χ1n) is 7.82. The van der Waals surface area contributed by atoms with Crippen LogP contribution in [-0.4, -0.2) is 24.1 Å². The topological polar surface area (TPSA) is 75.6 Å². The van der Waals surface area contributed by atoms with Crippen LogP contribution < -0.4 is 10.1 Å². The standard InChI is InChI=1S/C19H20FNO4/c1-12(19(23)24)18(14-6-4-3-5-7-14)21-17(22)11-13-8-9-16(25-2)15(20)10-13/h3-10,12,18H,11H2,1-2H3,(H,21,22)(H,23,24). The highest BCUT2D eigenvalue weighted by molar-refractivity contribution is 5.80. The zero-order chi connectivity index (χ0) is 18.4. The van der Waals surface area contributed by atoms with Crippen molar-refractivity contribution in [2.75, 3.05) is 7.11 Å². The van der Waals surface area contributed by atoms with E-state index in [1.807, 2.05) is 6.07 Å². The summed E-state index contributed by atoms with van der Waals surface area (Å²) in [6, 6.07) is 12.5. The van der Waals surface area contributed by atoms with Crippen LogP contribution in [0.2, 0.25) is 0 Å². The molecule has 2 aromatic rings. The van der Waals surface area contributed by atoms with E-state index in [1.165, 1.54) is 26.2 Å². The number of carboxylic acids is 1. The molecule has 0 spiro atoms. The lowest BCUT2D eigenvalue weighted by Crippen LogP contribution is -2.36. The van der Waals surface area contributed by atoms with Gasteiger partial charge >= 0.3 is 5.97 Å². The van der Waals surface area contributed by atoms with E-state index in [9.17, 15) is 19.1 Å². The number of aliphatic carboxylic acids is 1. The Morgan fingerprint density at radius 1 is 1.20 bits per heavy atom. The number of benzene rings is 2. The first-order chi connectivity index (χ1) is 11.9. The molecular formula is C19H20FNO4. The van der Waals surface area contributed by atoms with E-state index < -0.39 is 23.7 Å². The molecule has 5 nitrogen and oxygen atoms in total. The van der Waals surface area contributed by atoms with Gasteiger partial charge in [-0.25, -0.2) is 4.39 Å². The van der Waals surface area contributed by atoms with Gasteiger partial charge in [0.1, 0.15) is 0 Å². The number of amides is 1. The van der Waals surface area contributed by atoms with Gasteiger partial charge in [-0.3, -0.25) is 9.59 Å². The van der Waals surface area contributed by atoms with Crippen LogP contribution in [0.25, 0.3) is 0 Å². The van der Waals surface area contributed by atoms with Crippen LogP contribution in [0, 0.1) is 11.7 Å². The Balaban J connectivity index is 2.14. The van der Waals surface area contributed by atoms with Gasteiger partial charge in [0.05, 0.1) is 25.5 Å². The molecule has 0 saturated carbocycles. The molecule has 2 atom stereocenters. The molecule has 0 aliphatic heterocycles. The molecular weight excluding hydrogens is 325 g/mol. The summed E-state index contributed by atoms with van der Waals surface area (Å²) in [6.07, 6.45) is -0.0589. The number of carboxylic acid groups (broad SMARTS) is 1. The molecule has 0 heterocycles. The smallest absolute Gasteiger partial charge is 0.308 e. The first-order valence-corrected chi connectivity index (χ1v) is 7.82.